The van der Waals surface area contributed by atoms with E-state index in [-0.39, 0.29) is 12.8 Å². The molecule has 0 amide bonds. The Morgan fingerprint density at radius 2 is 1.47 bits per heavy atom. The molecule has 1 N–H and O–H groups in total. The van der Waals surface area contributed by atoms with Gasteiger partial charge < -0.3 is 9.84 Å². The average molecular weight is 246 g/mol. The molecule has 0 aromatic rings. The number of aliphatic carboxylic acids is 1. The number of carbonyl (C=O) groups excluding carboxylic acids is 1. The summed E-state index contributed by atoms with van der Waals surface area (Å²) in [6.45, 7) is 6.47. The molecule has 4 heteroatoms. The fourth-order valence-corrected chi connectivity index (χ4v) is 1.12. The molecule has 0 bridgehead atoms. The predicted molar refractivity (Wildman–Crippen MR) is 67.9 cm³/mol. The van der Waals surface area contributed by atoms with Crippen molar-refractivity contribution in [1.29, 1.82) is 0 Å². The van der Waals surface area contributed by atoms with Crippen molar-refractivity contribution < 1.29 is 19.4 Å². The number of ether oxygens (including phenoxy) is 1. The van der Waals surface area contributed by atoms with Crippen molar-refractivity contribution in [2.45, 2.75) is 65.7 Å². The Kier molecular flexibility index (Phi) is 16.1. The van der Waals surface area contributed by atoms with Gasteiger partial charge in [-0.15, -0.1) is 0 Å². The van der Waals surface area contributed by atoms with Crippen LogP contribution in [-0.2, 0) is 14.3 Å². The molecule has 102 valence electrons. The highest BCUT2D eigenvalue weighted by atomic mass is 16.5. The van der Waals surface area contributed by atoms with E-state index in [1.165, 1.54) is 32.1 Å². The van der Waals surface area contributed by atoms with Crippen LogP contribution in [0.5, 0.6) is 0 Å². The van der Waals surface area contributed by atoms with Gasteiger partial charge in [0.05, 0.1) is 19.4 Å². The summed E-state index contributed by atoms with van der Waals surface area (Å²) in [6.07, 6.45) is 6.82. The molecule has 0 atom stereocenters. The number of hydrogen-bond acceptors (Lipinski definition) is 3. The lowest BCUT2D eigenvalue weighted by Crippen LogP contribution is -2.06. The number of carboxylic acids is 1. The lowest BCUT2D eigenvalue weighted by molar-refractivity contribution is -0.147. The molecule has 0 aromatic heterocycles. The fourth-order valence-electron chi connectivity index (χ4n) is 1.12. The first-order valence-corrected chi connectivity index (χ1v) is 6.45. The summed E-state index contributed by atoms with van der Waals surface area (Å²) in [5, 5.41) is 8.12. The first-order valence-electron chi connectivity index (χ1n) is 6.45. The van der Waals surface area contributed by atoms with Gasteiger partial charge in [0.2, 0.25) is 0 Å². The molecule has 0 aromatic carbocycles. The van der Waals surface area contributed by atoms with Crippen molar-refractivity contribution in [2.75, 3.05) is 6.61 Å². The number of carboxylic acid groups (broad SMARTS) is 1. The van der Waals surface area contributed by atoms with Gasteiger partial charge in [-0.1, -0.05) is 46.0 Å². The van der Waals surface area contributed by atoms with E-state index >= 15 is 0 Å². The molecule has 0 saturated carbocycles. The third-order valence-corrected chi connectivity index (χ3v) is 2.06. The maximum atomic E-state index is 10.5. The van der Waals surface area contributed by atoms with E-state index < -0.39 is 11.9 Å². The largest absolute Gasteiger partial charge is 0.481 e. The summed E-state index contributed by atoms with van der Waals surface area (Å²) in [5.74, 6) is -1.43. The van der Waals surface area contributed by atoms with Crippen LogP contribution >= 0.6 is 0 Å². The zero-order valence-corrected chi connectivity index (χ0v) is 11.3. The van der Waals surface area contributed by atoms with Gasteiger partial charge in [0.1, 0.15) is 0 Å². The van der Waals surface area contributed by atoms with Crippen LogP contribution in [0.1, 0.15) is 65.7 Å². The Morgan fingerprint density at radius 1 is 0.941 bits per heavy atom. The summed E-state index contributed by atoms with van der Waals surface area (Å²) in [5.41, 5.74) is 0. The molecule has 0 fully saturated rings. The molecule has 0 saturated heterocycles. The first-order chi connectivity index (χ1) is 8.08. The van der Waals surface area contributed by atoms with Crippen LogP contribution in [-0.4, -0.2) is 23.7 Å². The molecule has 0 unspecified atom stereocenters. The molecule has 0 radical (unpaired) electrons. The van der Waals surface area contributed by atoms with E-state index in [1.807, 2.05) is 0 Å². The maximum absolute atomic E-state index is 10.5. The second kappa shape index (κ2) is 14.9. The average Bonchev–Trinajstić information content (AvgIpc) is 2.28. The fraction of sp³-hybridized carbons (Fsp3) is 0.846. The molecule has 4 nitrogen and oxygen atoms in total. The highest BCUT2D eigenvalue weighted by Crippen LogP contribution is 2.00. The zero-order chi connectivity index (χ0) is 13.5. The van der Waals surface area contributed by atoms with Crippen LogP contribution < -0.4 is 0 Å². The maximum Gasteiger partial charge on any atom is 0.306 e. The molecular weight excluding hydrogens is 220 g/mol. The van der Waals surface area contributed by atoms with Crippen molar-refractivity contribution in [3.05, 3.63) is 0 Å². The molecule has 0 aliphatic heterocycles. The predicted octanol–water partition coefficient (Wildman–Crippen LogP) is 3.39. The number of carbonyl (C=O) groups is 2. The highest BCUT2D eigenvalue weighted by Gasteiger charge is 2.04. The standard InChI is InChI=1S/C7H16.C6H10O4/c1-3-5-7-6-4-2;1-2-10-6(9)4-3-5(7)8/h3-7H2,1-2H3;2-4H2,1H3,(H,7,8). The van der Waals surface area contributed by atoms with Gasteiger partial charge in [0.25, 0.3) is 0 Å². The summed E-state index contributed by atoms with van der Waals surface area (Å²) in [7, 11) is 0. The van der Waals surface area contributed by atoms with Gasteiger partial charge in [0, 0.05) is 0 Å². The first kappa shape index (κ1) is 18.3. The Balaban J connectivity index is 0. The minimum absolute atomic E-state index is 0.0385. The van der Waals surface area contributed by atoms with Crippen molar-refractivity contribution in [1.82, 2.24) is 0 Å². The van der Waals surface area contributed by atoms with Crippen LogP contribution in [0.25, 0.3) is 0 Å². The zero-order valence-electron chi connectivity index (χ0n) is 11.3. The molecule has 0 aliphatic rings. The van der Waals surface area contributed by atoms with Crippen molar-refractivity contribution in [2.24, 2.45) is 0 Å². The Morgan fingerprint density at radius 3 is 1.82 bits per heavy atom. The summed E-state index contributed by atoms with van der Waals surface area (Å²) in [6, 6.07) is 0. The highest BCUT2D eigenvalue weighted by molar-refractivity contribution is 5.76. The molecule has 0 heterocycles. The Labute approximate surface area is 104 Å². The third kappa shape index (κ3) is 20.9. The molecule has 0 rings (SSSR count). The van der Waals surface area contributed by atoms with Gasteiger partial charge in [-0.25, -0.2) is 0 Å². The van der Waals surface area contributed by atoms with Crippen LogP contribution in [0, 0.1) is 0 Å². The number of esters is 1. The number of unbranched alkanes of at least 4 members (excludes halogenated alkanes) is 4. The lowest BCUT2D eigenvalue weighted by Gasteiger charge is -1.97. The van der Waals surface area contributed by atoms with E-state index in [1.54, 1.807) is 6.92 Å². The third-order valence-electron chi connectivity index (χ3n) is 2.06. The van der Waals surface area contributed by atoms with E-state index in [2.05, 4.69) is 18.6 Å². The molecular formula is C13H26O4. The van der Waals surface area contributed by atoms with E-state index in [4.69, 9.17) is 5.11 Å². The van der Waals surface area contributed by atoms with Crippen LogP contribution in [0.3, 0.4) is 0 Å². The topological polar surface area (TPSA) is 63.6 Å². The van der Waals surface area contributed by atoms with Gasteiger partial charge >= 0.3 is 11.9 Å². The Hall–Kier alpha value is -1.06. The Bertz CT molecular complexity index is 186. The molecule has 17 heavy (non-hydrogen) atoms. The minimum atomic E-state index is -0.979. The second-order valence-corrected chi connectivity index (χ2v) is 3.76. The van der Waals surface area contributed by atoms with Crippen molar-refractivity contribution in [3.63, 3.8) is 0 Å². The smallest absolute Gasteiger partial charge is 0.306 e. The summed E-state index contributed by atoms with van der Waals surface area (Å²) >= 11 is 0. The van der Waals surface area contributed by atoms with Crippen molar-refractivity contribution in [3.8, 4) is 0 Å². The lowest BCUT2D eigenvalue weighted by atomic mass is 10.2. The monoisotopic (exact) mass is 246 g/mol. The normalized spacial score (nSPS) is 9.12. The van der Waals surface area contributed by atoms with Crippen LogP contribution in [0.2, 0.25) is 0 Å². The van der Waals surface area contributed by atoms with Crippen molar-refractivity contribution >= 4 is 11.9 Å². The van der Waals surface area contributed by atoms with E-state index in [0.29, 0.717) is 6.61 Å². The summed E-state index contributed by atoms with van der Waals surface area (Å²) < 4.78 is 4.49. The van der Waals surface area contributed by atoms with Gasteiger partial charge in [-0.2, -0.15) is 0 Å². The molecule has 0 spiro atoms. The van der Waals surface area contributed by atoms with Gasteiger partial charge in [0.15, 0.2) is 0 Å². The van der Waals surface area contributed by atoms with Crippen LogP contribution in [0.4, 0.5) is 0 Å². The SMILES string of the molecule is CCCCCCC.CCOC(=O)CCC(=O)O. The number of rotatable bonds is 8. The van der Waals surface area contributed by atoms with E-state index in [9.17, 15) is 9.59 Å². The van der Waals surface area contributed by atoms with Crippen LogP contribution in [0.15, 0.2) is 0 Å². The minimum Gasteiger partial charge on any atom is -0.481 e. The second-order valence-electron chi connectivity index (χ2n) is 3.76. The summed E-state index contributed by atoms with van der Waals surface area (Å²) in [4.78, 5) is 20.4. The molecule has 0 aliphatic carbocycles. The van der Waals surface area contributed by atoms with Gasteiger partial charge in [-0.3, -0.25) is 9.59 Å². The van der Waals surface area contributed by atoms with E-state index in [0.717, 1.165) is 0 Å². The quantitative estimate of drug-likeness (QED) is 0.526. The van der Waals surface area contributed by atoms with Gasteiger partial charge in [-0.05, 0) is 6.92 Å². The number of hydrogen-bond donors (Lipinski definition) is 1.